The van der Waals surface area contributed by atoms with Gasteiger partial charge in [-0.25, -0.2) is 9.67 Å². The molecule has 1 amide bonds. The summed E-state index contributed by atoms with van der Waals surface area (Å²) in [4.78, 5) is 16.1. The Labute approximate surface area is 122 Å². The summed E-state index contributed by atoms with van der Waals surface area (Å²) < 4.78 is 3.54. The number of nitrogens with one attached hydrogen (secondary N) is 1. The number of amides is 1. The van der Waals surface area contributed by atoms with Crippen LogP contribution in [0.3, 0.4) is 0 Å². The number of benzene rings is 1. The Morgan fingerprint density at radius 1 is 1.19 bits per heavy atom. The van der Waals surface area contributed by atoms with Crippen LogP contribution in [0.15, 0.2) is 55.0 Å². The minimum absolute atomic E-state index is 0.136. The molecule has 3 rings (SSSR count). The van der Waals surface area contributed by atoms with E-state index in [9.17, 15) is 4.79 Å². The first-order valence-corrected chi connectivity index (χ1v) is 6.59. The van der Waals surface area contributed by atoms with Gasteiger partial charge in [-0.15, -0.1) is 0 Å². The molecule has 0 bridgehead atoms. The highest BCUT2D eigenvalue weighted by molar-refractivity contribution is 5.90. The Bertz CT molecular complexity index is 744. The number of aryl methyl sites for hydroxylation is 1. The minimum Gasteiger partial charge on any atom is -0.338 e. The van der Waals surface area contributed by atoms with E-state index in [1.54, 1.807) is 16.9 Å². The van der Waals surface area contributed by atoms with Gasteiger partial charge in [-0.3, -0.25) is 4.79 Å². The second-order valence-corrected chi connectivity index (χ2v) is 4.66. The Hall–Kier alpha value is -2.89. The van der Waals surface area contributed by atoms with E-state index in [0.717, 1.165) is 11.5 Å². The lowest BCUT2D eigenvalue weighted by atomic mass is 10.3. The molecule has 0 aliphatic carbocycles. The molecule has 1 aromatic carbocycles. The number of carbonyl (C=O) groups is 1. The second kappa shape index (κ2) is 5.62. The highest BCUT2D eigenvalue weighted by Gasteiger charge is 2.09. The number of carbonyl (C=O) groups excluding carboxylic acids is 1. The number of imidazole rings is 1. The first-order chi connectivity index (χ1) is 10.2. The quantitative estimate of drug-likeness (QED) is 0.793. The normalized spacial score (nSPS) is 10.5. The van der Waals surface area contributed by atoms with Crippen LogP contribution in [0.1, 0.15) is 5.82 Å². The van der Waals surface area contributed by atoms with Gasteiger partial charge in [0.15, 0.2) is 5.82 Å². The third-order valence-corrected chi connectivity index (χ3v) is 3.12. The average Bonchev–Trinajstić information content (AvgIpc) is 3.10. The van der Waals surface area contributed by atoms with E-state index >= 15 is 0 Å². The van der Waals surface area contributed by atoms with Crippen molar-refractivity contribution >= 4 is 11.7 Å². The van der Waals surface area contributed by atoms with Crippen molar-refractivity contribution < 1.29 is 4.79 Å². The minimum atomic E-state index is -0.136. The van der Waals surface area contributed by atoms with Crippen LogP contribution < -0.4 is 5.32 Å². The number of aromatic nitrogens is 4. The molecule has 0 saturated heterocycles. The van der Waals surface area contributed by atoms with Gasteiger partial charge >= 0.3 is 0 Å². The molecule has 0 atom stereocenters. The fraction of sp³-hybridized carbons (Fsp3) is 0.133. The van der Waals surface area contributed by atoms with Crippen LogP contribution in [0.2, 0.25) is 0 Å². The Morgan fingerprint density at radius 2 is 2.00 bits per heavy atom. The van der Waals surface area contributed by atoms with Gasteiger partial charge in [0.1, 0.15) is 5.82 Å². The van der Waals surface area contributed by atoms with Gasteiger partial charge < -0.3 is 9.88 Å². The summed E-state index contributed by atoms with van der Waals surface area (Å²) in [5.41, 5.74) is 0.946. The van der Waals surface area contributed by atoms with E-state index in [-0.39, 0.29) is 12.3 Å². The topological polar surface area (TPSA) is 64.7 Å². The van der Waals surface area contributed by atoms with E-state index in [0.29, 0.717) is 5.82 Å². The van der Waals surface area contributed by atoms with E-state index in [2.05, 4.69) is 15.4 Å². The van der Waals surface area contributed by atoms with Crippen molar-refractivity contribution in [3.63, 3.8) is 0 Å². The molecule has 21 heavy (non-hydrogen) atoms. The van der Waals surface area contributed by atoms with Crippen LogP contribution in [0.5, 0.6) is 0 Å². The van der Waals surface area contributed by atoms with Crippen molar-refractivity contribution in [3.05, 3.63) is 60.8 Å². The third-order valence-electron chi connectivity index (χ3n) is 3.12. The van der Waals surface area contributed by atoms with Gasteiger partial charge in [0.2, 0.25) is 5.91 Å². The molecule has 0 aliphatic rings. The maximum absolute atomic E-state index is 12.0. The molecular weight excluding hydrogens is 266 g/mol. The van der Waals surface area contributed by atoms with Crippen molar-refractivity contribution in [2.75, 3.05) is 5.32 Å². The molecule has 0 radical (unpaired) electrons. The number of hydrogen-bond acceptors (Lipinski definition) is 3. The predicted octanol–water partition coefficient (Wildman–Crippen LogP) is 1.79. The molecule has 0 aliphatic heterocycles. The molecule has 6 nitrogen and oxygen atoms in total. The van der Waals surface area contributed by atoms with Crippen LogP contribution in [0.4, 0.5) is 5.82 Å². The number of rotatable bonds is 4. The van der Waals surface area contributed by atoms with Gasteiger partial charge in [0.05, 0.1) is 12.1 Å². The van der Waals surface area contributed by atoms with Crippen molar-refractivity contribution in [1.82, 2.24) is 19.3 Å². The molecule has 0 saturated carbocycles. The smallest absolute Gasteiger partial charge is 0.233 e. The molecule has 0 spiro atoms. The Morgan fingerprint density at radius 3 is 2.71 bits per heavy atom. The lowest BCUT2D eigenvalue weighted by Crippen LogP contribution is -2.17. The predicted molar refractivity (Wildman–Crippen MR) is 79.1 cm³/mol. The van der Waals surface area contributed by atoms with Crippen LogP contribution in [0, 0.1) is 0 Å². The molecular formula is C15H15N5O. The molecule has 106 valence electrons. The molecule has 3 aromatic rings. The third kappa shape index (κ3) is 3.00. The zero-order valence-electron chi connectivity index (χ0n) is 11.6. The van der Waals surface area contributed by atoms with Crippen LogP contribution >= 0.6 is 0 Å². The molecule has 6 heteroatoms. The maximum atomic E-state index is 12.0. The Kier molecular flexibility index (Phi) is 3.51. The van der Waals surface area contributed by atoms with E-state index in [1.165, 1.54) is 0 Å². The maximum Gasteiger partial charge on any atom is 0.233 e. The summed E-state index contributed by atoms with van der Waals surface area (Å²) in [6.45, 7) is 0. The van der Waals surface area contributed by atoms with Crippen molar-refractivity contribution in [2.45, 2.75) is 6.42 Å². The lowest BCUT2D eigenvalue weighted by Gasteiger charge is -2.03. The largest absolute Gasteiger partial charge is 0.338 e. The first kappa shape index (κ1) is 13.1. The van der Waals surface area contributed by atoms with E-state index in [4.69, 9.17) is 0 Å². The van der Waals surface area contributed by atoms with Gasteiger partial charge in [0, 0.05) is 31.7 Å². The molecule has 1 N–H and O–H groups in total. The van der Waals surface area contributed by atoms with Gasteiger partial charge in [-0.1, -0.05) is 18.2 Å². The summed E-state index contributed by atoms with van der Waals surface area (Å²) in [6.07, 6.45) is 5.52. The fourth-order valence-electron chi connectivity index (χ4n) is 2.01. The monoisotopic (exact) mass is 281 g/mol. The van der Waals surface area contributed by atoms with E-state index in [1.807, 2.05) is 54.3 Å². The average molecular weight is 281 g/mol. The number of para-hydroxylation sites is 1. The second-order valence-electron chi connectivity index (χ2n) is 4.66. The van der Waals surface area contributed by atoms with Gasteiger partial charge in [-0.2, -0.15) is 5.10 Å². The van der Waals surface area contributed by atoms with Gasteiger partial charge in [0.25, 0.3) is 0 Å². The van der Waals surface area contributed by atoms with Crippen molar-refractivity contribution in [3.8, 4) is 5.69 Å². The number of nitrogens with zero attached hydrogens (tertiary/aromatic N) is 4. The van der Waals surface area contributed by atoms with Crippen LogP contribution in [-0.4, -0.2) is 25.2 Å². The zero-order chi connectivity index (χ0) is 14.7. The van der Waals surface area contributed by atoms with Crippen LogP contribution in [-0.2, 0) is 18.3 Å². The number of anilines is 1. The SMILES string of the molecule is Cn1ccnc1CC(=O)Nc1ccn(-c2ccccc2)n1. The zero-order valence-corrected chi connectivity index (χ0v) is 11.6. The highest BCUT2D eigenvalue weighted by Crippen LogP contribution is 2.10. The van der Waals surface area contributed by atoms with Crippen molar-refractivity contribution in [1.29, 1.82) is 0 Å². The highest BCUT2D eigenvalue weighted by atomic mass is 16.1. The number of hydrogen-bond donors (Lipinski definition) is 1. The summed E-state index contributed by atoms with van der Waals surface area (Å²) in [6, 6.07) is 11.5. The summed E-state index contributed by atoms with van der Waals surface area (Å²) in [5, 5.41) is 7.10. The fourth-order valence-corrected chi connectivity index (χ4v) is 2.01. The first-order valence-electron chi connectivity index (χ1n) is 6.59. The molecule has 2 heterocycles. The van der Waals surface area contributed by atoms with Crippen LogP contribution in [0.25, 0.3) is 5.69 Å². The summed E-state index contributed by atoms with van der Waals surface area (Å²) in [7, 11) is 1.86. The lowest BCUT2D eigenvalue weighted by molar-refractivity contribution is -0.115. The molecule has 0 fully saturated rings. The van der Waals surface area contributed by atoms with E-state index < -0.39 is 0 Å². The molecule has 2 aromatic heterocycles. The Balaban J connectivity index is 1.67. The van der Waals surface area contributed by atoms with Crippen molar-refractivity contribution in [2.24, 2.45) is 7.05 Å². The summed E-state index contributed by atoms with van der Waals surface area (Å²) in [5.74, 6) is 1.11. The molecule has 0 unspecified atom stereocenters. The summed E-state index contributed by atoms with van der Waals surface area (Å²) >= 11 is 0. The van der Waals surface area contributed by atoms with Gasteiger partial charge in [-0.05, 0) is 12.1 Å². The standard InChI is InChI=1S/C15H15N5O/c1-19-10-8-16-14(19)11-15(21)17-13-7-9-20(18-13)12-5-3-2-4-6-12/h2-10H,11H2,1H3,(H,17,18,21).